The van der Waals surface area contributed by atoms with Crippen molar-refractivity contribution in [3.8, 4) is 0 Å². The van der Waals surface area contributed by atoms with Gasteiger partial charge < -0.3 is 15.5 Å². The van der Waals surface area contributed by atoms with Crippen molar-refractivity contribution in [3.05, 3.63) is 46.5 Å². The van der Waals surface area contributed by atoms with Crippen molar-refractivity contribution in [3.63, 3.8) is 0 Å². The number of piperazine rings is 1. The zero-order valence-electron chi connectivity index (χ0n) is 14.6. The molecular formula is C17H23N7O. The quantitative estimate of drug-likeness (QED) is 0.810. The molecule has 3 heterocycles. The molecule has 0 aromatic carbocycles. The average Bonchev–Trinajstić information content (AvgIpc) is 2.60. The SMILES string of the molecule is C=CCc1c(C)nc(N)nc1N1CCN(c2cnn(C)c(=O)c2)CC1. The Morgan fingerprint density at radius 3 is 2.56 bits per heavy atom. The first-order valence-corrected chi connectivity index (χ1v) is 8.26. The summed E-state index contributed by atoms with van der Waals surface area (Å²) in [7, 11) is 1.65. The fourth-order valence-electron chi connectivity index (χ4n) is 3.06. The predicted octanol–water partition coefficient (Wildman–Crippen LogP) is 0.516. The maximum absolute atomic E-state index is 11.8. The van der Waals surface area contributed by atoms with Crippen LogP contribution in [0.25, 0.3) is 0 Å². The molecule has 3 rings (SSSR count). The van der Waals surface area contributed by atoms with Gasteiger partial charge in [-0.25, -0.2) is 9.67 Å². The van der Waals surface area contributed by atoms with Gasteiger partial charge in [0.15, 0.2) is 0 Å². The molecule has 0 amide bonds. The molecule has 1 fully saturated rings. The Morgan fingerprint density at radius 2 is 1.92 bits per heavy atom. The molecule has 0 aliphatic carbocycles. The Bertz CT molecular complexity index is 837. The van der Waals surface area contributed by atoms with E-state index in [2.05, 4.69) is 31.4 Å². The summed E-state index contributed by atoms with van der Waals surface area (Å²) < 4.78 is 1.33. The molecule has 8 heteroatoms. The van der Waals surface area contributed by atoms with Crippen LogP contribution in [0.2, 0.25) is 0 Å². The minimum atomic E-state index is -0.104. The third-order valence-corrected chi connectivity index (χ3v) is 4.46. The largest absolute Gasteiger partial charge is 0.368 e. The summed E-state index contributed by atoms with van der Waals surface area (Å²) in [5.41, 5.74) is 8.55. The van der Waals surface area contributed by atoms with Crippen molar-refractivity contribution in [1.29, 1.82) is 0 Å². The molecule has 0 bridgehead atoms. The van der Waals surface area contributed by atoms with E-state index in [1.807, 2.05) is 13.0 Å². The second kappa shape index (κ2) is 6.92. The van der Waals surface area contributed by atoms with E-state index in [4.69, 9.17) is 5.73 Å². The third-order valence-electron chi connectivity index (χ3n) is 4.46. The maximum Gasteiger partial charge on any atom is 0.268 e. The molecule has 0 atom stereocenters. The van der Waals surface area contributed by atoms with E-state index >= 15 is 0 Å². The zero-order valence-corrected chi connectivity index (χ0v) is 14.6. The second-order valence-electron chi connectivity index (χ2n) is 6.11. The molecule has 2 aromatic rings. The Kier molecular flexibility index (Phi) is 4.69. The summed E-state index contributed by atoms with van der Waals surface area (Å²) in [5, 5.41) is 4.09. The maximum atomic E-state index is 11.8. The standard InChI is InChI=1S/C17H23N7O/c1-4-5-14-12(2)20-17(18)21-16(14)24-8-6-23(7-9-24)13-10-15(25)22(3)19-11-13/h4,10-11H,1,5-9H2,2-3H3,(H2,18,20,21). The molecule has 2 aromatic heterocycles. The van der Waals surface area contributed by atoms with Gasteiger partial charge in [0.2, 0.25) is 5.95 Å². The van der Waals surface area contributed by atoms with Crippen molar-refractivity contribution >= 4 is 17.5 Å². The summed E-state index contributed by atoms with van der Waals surface area (Å²) in [6.45, 7) is 8.91. The molecule has 0 spiro atoms. The minimum absolute atomic E-state index is 0.104. The normalized spacial score (nSPS) is 14.6. The van der Waals surface area contributed by atoms with Crippen LogP contribution in [-0.4, -0.2) is 45.9 Å². The van der Waals surface area contributed by atoms with Crippen molar-refractivity contribution in [2.24, 2.45) is 7.05 Å². The third kappa shape index (κ3) is 3.47. The summed E-state index contributed by atoms with van der Waals surface area (Å²) in [5.74, 6) is 1.17. The molecule has 0 saturated carbocycles. The summed E-state index contributed by atoms with van der Waals surface area (Å²) >= 11 is 0. The average molecular weight is 341 g/mol. The van der Waals surface area contributed by atoms with Gasteiger partial charge in [0, 0.05) is 50.6 Å². The Labute approximate surface area is 146 Å². The van der Waals surface area contributed by atoms with Crippen molar-refractivity contribution in [1.82, 2.24) is 19.7 Å². The lowest BCUT2D eigenvalue weighted by Gasteiger charge is -2.37. The van der Waals surface area contributed by atoms with Crippen LogP contribution in [0.3, 0.4) is 0 Å². The van der Waals surface area contributed by atoms with Crippen LogP contribution in [0.5, 0.6) is 0 Å². The molecule has 1 saturated heterocycles. The lowest BCUT2D eigenvalue weighted by Crippen LogP contribution is -2.47. The van der Waals surface area contributed by atoms with Gasteiger partial charge >= 0.3 is 0 Å². The van der Waals surface area contributed by atoms with E-state index in [1.165, 1.54) is 4.68 Å². The van der Waals surface area contributed by atoms with Gasteiger partial charge in [-0.3, -0.25) is 4.79 Å². The first kappa shape index (κ1) is 16.9. The van der Waals surface area contributed by atoms with Crippen LogP contribution >= 0.6 is 0 Å². The predicted molar refractivity (Wildman–Crippen MR) is 99.0 cm³/mol. The van der Waals surface area contributed by atoms with E-state index in [0.717, 1.165) is 48.9 Å². The van der Waals surface area contributed by atoms with Gasteiger partial charge in [-0.05, 0) is 13.3 Å². The van der Waals surface area contributed by atoms with Crippen LogP contribution in [-0.2, 0) is 13.5 Å². The van der Waals surface area contributed by atoms with Gasteiger partial charge in [-0.1, -0.05) is 6.08 Å². The fourth-order valence-corrected chi connectivity index (χ4v) is 3.06. The number of rotatable bonds is 4. The second-order valence-corrected chi connectivity index (χ2v) is 6.11. The topological polar surface area (TPSA) is 93.2 Å². The van der Waals surface area contributed by atoms with Crippen LogP contribution in [0.4, 0.5) is 17.5 Å². The lowest BCUT2D eigenvalue weighted by atomic mass is 10.1. The monoisotopic (exact) mass is 341 g/mol. The highest BCUT2D eigenvalue weighted by Crippen LogP contribution is 2.24. The van der Waals surface area contributed by atoms with E-state index in [-0.39, 0.29) is 5.56 Å². The minimum Gasteiger partial charge on any atom is -0.368 e. The number of hydrogen-bond acceptors (Lipinski definition) is 7. The van der Waals surface area contributed by atoms with Gasteiger partial charge in [-0.15, -0.1) is 6.58 Å². The van der Waals surface area contributed by atoms with Gasteiger partial charge in [-0.2, -0.15) is 10.1 Å². The summed E-state index contributed by atoms with van der Waals surface area (Å²) in [6, 6.07) is 1.62. The Hall–Kier alpha value is -2.90. The number of aryl methyl sites for hydroxylation is 2. The van der Waals surface area contributed by atoms with E-state index < -0.39 is 0 Å². The number of nitrogen functional groups attached to an aromatic ring is 1. The van der Waals surface area contributed by atoms with Crippen LogP contribution in [0, 0.1) is 6.92 Å². The van der Waals surface area contributed by atoms with Crippen molar-refractivity contribution in [2.75, 3.05) is 41.7 Å². The number of aromatic nitrogens is 4. The Balaban J connectivity index is 1.79. The van der Waals surface area contributed by atoms with E-state index in [1.54, 1.807) is 19.3 Å². The van der Waals surface area contributed by atoms with Crippen molar-refractivity contribution < 1.29 is 0 Å². The molecule has 0 radical (unpaired) electrons. The van der Waals surface area contributed by atoms with Crippen molar-refractivity contribution in [2.45, 2.75) is 13.3 Å². The number of anilines is 3. The molecule has 132 valence electrons. The first-order chi connectivity index (χ1) is 12.0. The molecule has 1 aliphatic rings. The number of nitrogens with two attached hydrogens (primary N) is 1. The lowest BCUT2D eigenvalue weighted by molar-refractivity contribution is 0.635. The Morgan fingerprint density at radius 1 is 1.24 bits per heavy atom. The molecule has 8 nitrogen and oxygen atoms in total. The smallest absolute Gasteiger partial charge is 0.268 e. The molecular weight excluding hydrogens is 318 g/mol. The zero-order chi connectivity index (χ0) is 18.0. The number of hydrogen-bond donors (Lipinski definition) is 1. The highest BCUT2D eigenvalue weighted by molar-refractivity contribution is 5.54. The van der Waals surface area contributed by atoms with E-state index in [0.29, 0.717) is 12.4 Å². The fraction of sp³-hybridized carbons (Fsp3) is 0.412. The molecule has 0 unspecified atom stereocenters. The van der Waals surface area contributed by atoms with Crippen LogP contribution < -0.4 is 21.1 Å². The first-order valence-electron chi connectivity index (χ1n) is 8.26. The highest BCUT2D eigenvalue weighted by atomic mass is 16.1. The van der Waals surface area contributed by atoms with Crippen LogP contribution in [0.15, 0.2) is 29.7 Å². The summed E-state index contributed by atoms with van der Waals surface area (Å²) in [4.78, 5) is 24.9. The van der Waals surface area contributed by atoms with E-state index in [9.17, 15) is 4.79 Å². The van der Waals surface area contributed by atoms with Gasteiger partial charge in [0.1, 0.15) is 5.82 Å². The van der Waals surface area contributed by atoms with Gasteiger partial charge in [0.25, 0.3) is 5.56 Å². The molecule has 2 N–H and O–H groups in total. The summed E-state index contributed by atoms with van der Waals surface area (Å²) in [6.07, 6.45) is 4.29. The highest BCUT2D eigenvalue weighted by Gasteiger charge is 2.22. The van der Waals surface area contributed by atoms with Crippen LogP contribution in [0.1, 0.15) is 11.3 Å². The number of nitrogens with zero attached hydrogens (tertiary/aromatic N) is 6. The molecule has 1 aliphatic heterocycles. The number of allylic oxidation sites excluding steroid dienone is 1. The van der Waals surface area contributed by atoms with Gasteiger partial charge in [0.05, 0.1) is 11.9 Å². The molecule has 25 heavy (non-hydrogen) atoms.